The van der Waals surface area contributed by atoms with Gasteiger partial charge >= 0.3 is 0 Å². The summed E-state index contributed by atoms with van der Waals surface area (Å²) in [6, 6.07) is 11.8. The van der Waals surface area contributed by atoms with E-state index in [9.17, 15) is 4.79 Å². The maximum absolute atomic E-state index is 12.1. The summed E-state index contributed by atoms with van der Waals surface area (Å²) in [5.41, 5.74) is 0.478. The summed E-state index contributed by atoms with van der Waals surface area (Å²) < 4.78 is 1.04. The van der Waals surface area contributed by atoms with Gasteiger partial charge in [0, 0.05) is 15.6 Å². The Bertz CT molecular complexity index is 599. The van der Waals surface area contributed by atoms with Crippen molar-refractivity contribution in [3.63, 3.8) is 0 Å². The molecule has 0 heterocycles. The predicted molar refractivity (Wildman–Crippen MR) is 78.9 cm³/mol. The molecule has 0 aromatic heterocycles. The van der Waals surface area contributed by atoms with E-state index < -0.39 is 0 Å². The van der Waals surface area contributed by atoms with Crippen LogP contribution in [0.5, 0.6) is 0 Å². The Balaban J connectivity index is 2.36. The number of carbonyl (C=O) groups is 1. The fraction of sp³-hybridized carbons (Fsp3) is 0.267. The van der Waals surface area contributed by atoms with Crippen molar-refractivity contribution in [2.24, 2.45) is 0 Å². The molecule has 0 radical (unpaired) electrons. The van der Waals surface area contributed by atoms with Crippen LogP contribution in [0.4, 0.5) is 0 Å². The van der Waals surface area contributed by atoms with Gasteiger partial charge in [-0.25, -0.2) is 0 Å². The number of nitrogens with one attached hydrogen (secondary N) is 1. The van der Waals surface area contributed by atoms with Gasteiger partial charge in [0.2, 0.25) is 0 Å². The molecular weight excluding hydrogens is 290 g/mol. The zero-order valence-corrected chi connectivity index (χ0v) is 12.3. The first-order valence-electron chi connectivity index (χ1n) is 5.87. The zero-order valence-electron chi connectivity index (χ0n) is 10.8. The highest BCUT2D eigenvalue weighted by Gasteiger charge is 2.15. The molecule has 2 aromatic rings. The Kier molecular flexibility index (Phi) is 3.44. The summed E-state index contributed by atoms with van der Waals surface area (Å²) in [5, 5.41) is 5.15. The SMILES string of the molecule is CC(C)(C)NC(=O)c1ccc2cc(Br)ccc2c1. The van der Waals surface area contributed by atoms with Gasteiger partial charge in [0.05, 0.1) is 0 Å². The standard InChI is InChI=1S/C15H16BrNO/c1-15(2,3)17-14(18)12-5-4-11-9-13(16)7-6-10(11)8-12/h4-9H,1-3H3,(H,17,18). The Morgan fingerprint density at radius 1 is 1.06 bits per heavy atom. The number of fused-ring (bicyclic) bond motifs is 1. The molecule has 1 N–H and O–H groups in total. The quantitative estimate of drug-likeness (QED) is 0.843. The fourth-order valence-corrected chi connectivity index (χ4v) is 2.15. The number of hydrogen-bond acceptors (Lipinski definition) is 1. The monoisotopic (exact) mass is 305 g/mol. The van der Waals surface area contributed by atoms with Crippen LogP contribution in [0, 0.1) is 0 Å². The Morgan fingerprint density at radius 3 is 2.33 bits per heavy atom. The van der Waals surface area contributed by atoms with Crippen LogP contribution in [-0.2, 0) is 0 Å². The lowest BCUT2D eigenvalue weighted by Crippen LogP contribution is -2.40. The topological polar surface area (TPSA) is 29.1 Å². The maximum Gasteiger partial charge on any atom is 0.251 e. The number of halogens is 1. The molecule has 0 bridgehead atoms. The predicted octanol–water partition coefficient (Wildman–Crippen LogP) is 4.13. The van der Waals surface area contributed by atoms with Crippen molar-refractivity contribution in [1.82, 2.24) is 5.32 Å². The summed E-state index contributed by atoms with van der Waals surface area (Å²) in [5.74, 6) is -0.0349. The molecule has 2 rings (SSSR count). The first kappa shape index (κ1) is 13.1. The van der Waals surface area contributed by atoms with Gasteiger partial charge in [0.1, 0.15) is 0 Å². The number of benzene rings is 2. The molecule has 3 heteroatoms. The summed E-state index contributed by atoms with van der Waals surface area (Å²) in [4.78, 5) is 12.1. The Morgan fingerprint density at radius 2 is 1.67 bits per heavy atom. The van der Waals surface area contributed by atoms with E-state index in [2.05, 4.69) is 21.2 Å². The van der Waals surface area contributed by atoms with Crippen LogP contribution in [0.15, 0.2) is 40.9 Å². The molecule has 0 fully saturated rings. The summed E-state index contributed by atoms with van der Waals surface area (Å²) >= 11 is 3.44. The van der Waals surface area contributed by atoms with E-state index in [4.69, 9.17) is 0 Å². The average Bonchev–Trinajstić information content (AvgIpc) is 2.26. The van der Waals surface area contributed by atoms with E-state index in [0.29, 0.717) is 5.56 Å². The molecule has 1 amide bonds. The van der Waals surface area contributed by atoms with Crippen LogP contribution in [-0.4, -0.2) is 11.4 Å². The van der Waals surface area contributed by atoms with Gasteiger partial charge in [0.25, 0.3) is 5.91 Å². The second-order valence-corrected chi connectivity index (χ2v) is 6.33. The first-order valence-corrected chi connectivity index (χ1v) is 6.66. The van der Waals surface area contributed by atoms with Crippen molar-refractivity contribution < 1.29 is 4.79 Å². The third-order valence-corrected chi connectivity index (χ3v) is 3.05. The normalized spacial score (nSPS) is 11.6. The van der Waals surface area contributed by atoms with Gasteiger partial charge in [-0.05, 0) is 55.8 Å². The van der Waals surface area contributed by atoms with Crippen LogP contribution >= 0.6 is 15.9 Å². The summed E-state index contributed by atoms with van der Waals surface area (Å²) in [6.45, 7) is 5.93. The highest BCUT2D eigenvalue weighted by Crippen LogP contribution is 2.21. The molecule has 0 aliphatic heterocycles. The minimum atomic E-state index is -0.217. The van der Waals surface area contributed by atoms with Gasteiger partial charge in [-0.2, -0.15) is 0 Å². The third-order valence-electron chi connectivity index (χ3n) is 2.55. The smallest absolute Gasteiger partial charge is 0.251 e. The molecule has 0 aliphatic carbocycles. The van der Waals surface area contributed by atoms with Crippen LogP contribution < -0.4 is 5.32 Å². The average molecular weight is 306 g/mol. The lowest BCUT2D eigenvalue weighted by atomic mass is 10.0. The Hall–Kier alpha value is -1.35. The van der Waals surface area contributed by atoms with E-state index in [-0.39, 0.29) is 11.4 Å². The van der Waals surface area contributed by atoms with Crippen molar-refractivity contribution in [3.05, 3.63) is 46.4 Å². The molecule has 0 aliphatic rings. The number of rotatable bonds is 1. The lowest BCUT2D eigenvalue weighted by Gasteiger charge is -2.20. The summed E-state index contributed by atoms with van der Waals surface area (Å²) in [7, 11) is 0. The third kappa shape index (κ3) is 3.10. The van der Waals surface area contributed by atoms with Gasteiger partial charge in [-0.3, -0.25) is 4.79 Å². The van der Waals surface area contributed by atoms with Crippen molar-refractivity contribution in [3.8, 4) is 0 Å². The second-order valence-electron chi connectivity index (χ2n) is 5.41. The molecular formula is C15H16BrNO. The van der Waals surface area contributed by atoms with Crippen molar-refractivity contribution in [2.75, 3.05) is 0 Å². The molecule has 18 heavy (non-hydrogen) atoms. The lowest BCUT2D eigenvalue weighted by molar-refractivity contribution is 0.0919. The van der Waals surface area contributed by atoms with E-state index in [1.54, 1.807) is 0 Å². The number of hydrogen-bond donors (Lipinski definition) is 1. The van der Waals surface area contributed by atoms with Gasteiger partial charge in [-0.15, -0.1) is 0 Å². The van der Waals surface area contributed by atoms with Crippen molar-refractivity contribution in [1.29, 1.82) is 0 Å². The molecule has 2 nitrogen and oxygen atoms in total. The highest BCUT2D eigenvalue weighted by molar-refractivity contribution is 9.10. The van der Waals surface area contributed by atoms with Crippen molar-refractivity contribution in [2.45, 2.75) is 26.3 Å². The van der Waals surface area contributed by atoms with E-state index in [1.165, 1.54) is 0 Å². The van der Waals surface area contributed by atoms with Gasteiger partial charge in [-0.1, -0.05) is 28.1 Å². The molecule has 0 saturated heterocycles. The Labute approximate surface area is 116 Å². The minimum absolute atomic E-state index is 0.0349. The fourth-order valence-electron chi connectivity index (χ4n) is 1.77. The molecule has 94 valence electrons. The van der Waals surface area contributed by atoms with Crippen LogP contribution in [0.3, 0.4) is 0 Å². The molecule has 0 atom stereocenters. The number of amides is 1. The summed E-state index contributed by atoms with van der Waals surface area (Å²) in [6.07, 6.45) is 0. The maximum atomic E-state index is 12.1. The van der Waals surface area contributed by atoms with E-state index in [1.807, 2.05) is 57.2 Å². The van der Waals surface area contributed by atoms with Crippen LogP contribution in [0.1, 0.15) is 31.1 Å². The molecule has 0 unspecified atom stereocenters. The minimum Gasteiger partial charge on any atom is -0.347 e. The van der Waals surface area contributed by atoms with Crippen LogP contribution in [0.2, 0.25) is 0 Å². The second kappa shape index (κ2) is 4.73. The van der Waals surface area contributed by atoms with E-state index >= 15 is 0 Å². The zero-order chi connectivity index (χ0) is 13.3. The molecule has 0 spiro atoms. The first-order chi connectivity index (χ1) is 8.35. The van der Waals surface area contributed by atoms with Gasteiger partial charge < -0.3 is 5.32 Å². The largest absolute Gasteiger partial charge is 0.347 e. The molecule has 0 saturated carbocycles. The van der Waals surface area contributed by atoms with Crippen molar-refractivity contribution >= 4 is 32.6 Å². The molecule has 2 aromatic carbocycles. The van der Waals surface area contributed by atoms with E-state index in [0.717, 1.165) is 15.2 Å². The highest BCUT2D eigenvalue weighted by atomic mass is 79.9. The van der Waals surface area contributed by atoms with Crippen LogP contribution in [0.25, 0.3) is 10.8 Å². The number of carbonyl (C=O) groups excluding carboxylic acids is 1. The van der Waals surface area contributed by atoms with Gasteiger partial charge in [0.15, 0.2) is 0 Å².